The first kappa shape index (κ1) is 15.6. The van der Waals surface area contributed by atoms with Crippen LogP contribution < -0.4 is 0 Å². The van der Waals surface area contributed by atoms with Gasteiger partial charge in [-0.2, -0.15) is 0 Å². The highest BCUT2D eigenvalue weighted by molar-refractivity contribution is 7.09. The van der Waals surface area contributed by atoms with Gasteiger partial charge in [-0.15, -0.1) is 11.3 Å². The molecule has 1 aliphatic carbocycles. The van der Waals surface area contributed by atoms with E-state index in [1.54, 1.807) is 16.9 Å². The molecule has 1 fully saturated rings. The lowest BCUT2D eigenvalue weighted by Gasteiger charge is -2.41. The summed E-state index contributed by atoms with van der Waals surface area (Å²) in [5, 5.41) is 4.79. The molecule has 5 rings (SSSR count). The van der Waals surface area contributed by atoms with E-state index in [4.69, 9.17) is 0 Å². The molecule has 2 aliphatic rings. The summed E-state index contributed by atoms with van der Waals surface area (Å²) in [5.74, 6) is 0.779. The van der Waals surface area contributed by atoms with E-state index < -0.39 is 0 Å². The van der Waals surface area contributed by atoms with Crippen molar-refractivity contribution in [1.29, 1.82) is 0 Å². The number of H-pyrrole nitrogens is 1. The molecule has 0 spiro atoms. The van der Waals surface area contributed by atoms with Gasteiger partial charge in [-0.05, 0) is 36.8 Å². The number of rotatable bonds is 3. The highest BCUT2D eigenvalue weighted by atomic mass is 32.1. The molecule has 3 aromatic rings. The third-order valence-electron chi connectivity index (χ3n) is 6.10. The molecule has 1 unspecified atom stereocenters. The molecule has 1 aromatic carbocycles. The molecular formula is C21H25N3S. The number of fused-ring (bicyclic) bond motifs is 3. The second-order valence-electron chi connectivity index (χ2n) is 7.55. The third-order valence-corrected chi connectivity index (χ3v) is 6.87. The van der Waals surface area contributed by atoms with Crippen molar-refractivity contribution < 1.29 is 0 Å². The Morgan fingerprint density at radius 2 is 2.04 bits per heavy atom. The van der Waals surface area contributed by atoms with Crippen LogP contribution in [0.1, 0.15) is 54.4 Å². The Labute approximate surface area is 153 Å². The molecule has 3 nitrogen and oxygen atoms in total. The second kappa shape index (κ2) is 6.58. The summed E-state index contributed by atoms with van der Waals surface area (Å²) in [5.41, 5.74) is 4.38. The van der Waals surface area contributed by atoms with Crippen LogP contribution in [0.25, 0.3) is 10.9 Å². The van der Waals surface area contributed by atoms with Crippen molar-refractivity contribution in [2.24, 2.45) is 5.92 Å². The van der Waals surface area contributed by atoms with Gasteiger partial charge in [0.1, 0.15) is 5.01 Å². The zero-order chi connectivity index (χ0) is 16.6. The van der Waals surface area contributed by atoms with Crippen LogP contribution in [0.3, 0.4) is 0 Å². The summed E-state index contributed by atoms with van der Waals surface area (Å²) in [7, 11) is 0. The van der Waals surface area contributed by atoms with E-state index in [0.29, 0.717) is 6.04 Å². The van der Waals surface area contributed by atoms with Gasteiger partial charge in [-0.1, -0.05) is 37.5 Å². The van der Waals surface area contributed by atoms with E-state index in [9.17, 15) is 0 Å². The minimum absolute atomic E-state index is 0.528. The Kier molecular flexibility index (Phi) is 4.10. The maximum absolute atomic E-state index is 4.56. The van der Waals surface area contributed by atoms with Gasteiger partial charge >= 0.3 is 0 Å². The summed E-state index contributed by atoms with van der Waals surface area (Å²) in [4.78, 5) is 11.1. The topological polar surface area (TPSA) is 31.9 Å². The van der Waals surface area contributed by atoms with Crippen molar-refractivity contribution in [1.82, 2.24) is 14.9 Å². The average Bonchev–Trinajstić information content (AvgIpc) is 3.29. The number of aromatic amines is 1. The number of thiazole rings is 1. The molecule has 0 bridgehead atoms. The molecule has 1 N–H and O–H groups in total. The lowest BCUT2D eigenvalue weighted by Crippen LogP contribution is -2.39. The van der Waals surface area contributed by atoms with Crippen LogP contribution in [0.5, 0.6) is 0 Å². The molecule has 25 heavy (non-hydrogen) atoms. The Bertz CT molecular complexity index is 845. The van der Waals surface area contributed by atoms with E-state index in [-0.39, 0.29) is 0 Å². The van der Waals surface area contributed by atoms with E-state index in [2.05, 4.69) is 44.5 Å². The largest absolute Gasteiger partial charge is 0.357 e. The number of aromatic nitrogens is 2. The number of para-hydroxylation sites is 1. The van der Waals surface area contributed by atoms with Crippen LogP contribution in [0.15, 0.2) is 35.8 Å². The van der Waals surface area contributed by atoms with Gasteiger partial charge in [0.15, 0.2) is 0 Å². The maximum atomic E-state index is 4.56. The predicted molar refractivity (Wildman–Crippen MR) is 104 cm³/mol. The molecule has 0 amide bonds. The van der Waals surface area contributed by atoms with E-state index >= 15 is 0 Å². The number of benzene rings is 1. The molecule has 1 atom stereocenters. The summed E-state index contributed by atoms with van der Waals surface area (Å²) in [6, 6.07) is 9.37. The number of nitrogens with one attached hydrogen (secondary N) is 1. The van der Waals surface area contributed by atoms with Crippen LogP contribution in [-0.2, 0) is 13.0 Å². The van der Waals surface area contributed by atoms with Gasteiger partial charge in [0.2, 0.25) is 0 Å². The Balaban J connectivity index is 1.56. The van der Waals surface area contributed by atoms with Crippen molar-refractivity contribution >= 4 is 22.2 Å². The summed E-state index contributed by atoms with van der Waals surface area (Å²) >= 11 is 1.79. The molecule has 4 heteroatoms. The first-order chi connectivity index (χ1) is 12.4. The normalized spacial score (nSPS) is 22.3. The zero-order valence-corrected chi connectivity index (χ0v) is 15.4. The van der Waals surface area contributed by atoms with Gasteiger partial charge in [-0.3, -0.25) is 4.90 Å². The molecule has 0 saturated heterocycles. The smallest absolute Gasteiger partial charge is 0.107 e. The van der Waals surface area contributed by atoms with Crippen molar-refractivity contribution in [3.8, 4) is 0 Å². The van der Waals surface area contributed by atoms with Crippen LogP contribution in [0.4, 0.5) is 0 Å². The molecular weight excluding hydrogens is 326 g/mol. The minimum Gasteiger partial charge on any atom is -0.357 e. The lowest BCUT2D eigenvalue weighted by molar-refractivity contribution is 0.0973. The Morgan fingerprint density at radius 3 is 2.88 bits per heavy atom. The fraction of sp³-hybridized carbons (Fsp3) is 0.476. The number of nitrogens with zero attached hydrogens (tertiary/aromatic N) is 2. The van der Waals surface area contributed by atoms with E-state index in [0.717, 1.165) is 25.4 Å². The van der Waals surface area contributed by atoms with Crippen molar-refractivity contribution in [3.05, 3.63) is 52.1 Å². The van der Waals surface area contributed by atoms with Gasteiger partial charge in [0, 0.05) is 34.7 Å². The summed E-state index contributed by atoms with van der Waals surface area (Å²) in [6.07, 6.45) is 10.0. The Hall–Kier alpha value is -1.65. The SMILES string of the molecule is c1ccc2c3c([nH]c2c1)C(C1CCCCC1)N(Cc1nccs1)CC3. The average molecular weight is 352 g/mol. The maximum Gasteiger partial charge on any atom is 0.107 e. The predicted octanol–water partition coefficient (Wildman–Crippen LogP) is 5.30. The minimum atomic E-state index is 0.528. The third kappa shape index (κ3) is 2.81. The van der Waals surface area contributed by atoms with Crippen molar-refractivity contribution in [3.63, 3.8) is 0 Å². The van der Waals surface area contributed by atoms with Crippen LogP contribution >= 0.6 is 11.3 Å². The monoisotopic (exact) mass is 351 g/mol. The first-order valence-electron chi connectivity index (χ1n) is 9.62. The molecule has 130 valence electrons. The summed E-state index contributed by atoms with van der Waals surface area (Å²) < 4.78 is 0. The standard InChI is InChI=1S/C21H25N3S/c1-2-6-15(7-3-1)21-20-17(16-8-4-5-9-18(16)23-20)10-12-24(21)14-19-22-11-13-25-19/h4-5,8-9,11,13,15,21,23H,1-3,6-7,10,12,14H2. The molecule has 3 heterocycles. The summed E-state index contributed by atoms with van der Waals surface area (Å²) in [6.45, 7) is 2.14. The lowest BCUT2D eigenvalue weighted by atomic mass is 9.79. The quantitative estimate of drug-likeness (QED) is 0.694. The van der Waals surface area contributed by atoms with Crippen LogP contribution in [0, 0.1) is 5.92 Å². The fourth-order valence-corrected chi connectivity index (χ4v) is 5.63. The molecule has 2 aromatic heterocycles. The molecule has 1 aliphatic heterocycles. The second-order valence-corrected chi connectivity index (χ2v) is 8.53. The van der Waals surface area contributed by atoms with Crippen molar-refractivity contribution in [2.45, 2.75) is 51.1 Å². The first-order valence-corrected chi connectivity index (χ1v) is 10.5. The molecule has 1 saturated carbocycles. The number of hydrogen-bond acceptors (Lipinski definition) is 3. The van der Waals surface area contributed by atoms with Gasteiger partial charge < -0.3 is 4.98 Å². The van der Waals surface area contributed by atoms with Crippen LogP contribution in [0.2, 0.25) is 0 Å². The fourth-order valence-electron chi connectivity index (χ4n) is 4.99. The Morgan fingerprint density at radius 1 is 1.16 bits per heavy atom. The highest BCUT2D eigenvalue weighted by Gasteiger charge is 2.36. The van der Waals surface area contributed by atoms with Gasteiger partial charge in [0.25, 0.3) is 0 Å². The zero-order valence-electron chi connectivity index (χ0n) is 14.6. The van der Waals surface area contributed by atoms with Gasteiger partial charge in [0.05, 0.1) is 12.6 Å². The highest BCUT2D eigenvalue weighted by Crippen LogP contribution is 2.44. The van der Waals surface area contributed by atoms with E-state index in [1.165, 1.54) is 53.7 Å². The van der Waals surface area contributed by atoms with E-state index in [1.807, 2.05) is 6.20 Å². The molecule has 0 radical (unpaired) electrons. The van der Waals surface area contributed by atoms with Crippen molar-refractivity contribution in [2.75, 3.05) is 6.54 Å². The van der Waals surface area contributed by atoms with Gasteiger partial charge in [-0.25, -0.2) is 4.98 Å². The number of hydrogen-bond donors (Lipinski definition) is 1. The van der Waals surface area contributed by atoms with Crippen LogP contribution in [-0.4, -0.2) is 21.4 Å².